The van der Waals surface area contributed by atoms with E-state index >= 15 is 0 Å². The van der Waals surface area contributed by atoms with Crippen LogP contribution in [0, 0.1) is 0 Å². The molecule has 0 bridgehead atoms. The predicted molar refractivity (Wildman–Crippen MR) is 288 cm³/mol. The van der Waals surface area contributed by atoms with Crippen molar-refractivity contribution in [3.63, 3.8) is 0 Å². The second-order valence-electron chi connectivity index (χ2n) is 17.7. The van der Waals surface area contributed by atoms with Crippen LogP contribution in [-0.2, 0) is 28.6 Å². The standard InChI is InChI=1S/C61H100O6/c1-4-7-10-13-16-19-22-25-27-29-30-32-34-37-40-43-46-49-52-55-61(64)67-58(56-65-59(62)53-50-47-44-41-38-35-24-21-18-15-12-9-6-3)57-66-60(63)54-51-48-45-42-39-36-33-31-28-26-23-20-17-14-11-8-5-2/h7,10,16-17,19-21,24-28,30,32,37,40,46,49,58H,4-6,8-9,11-15,18,22-23,29,31,33-36,38-39,41-45,47-48,50-57H2,1-3H3/b10-7-,19-16-,20-17-,24-21-,27-25-,28-26-,32-30-,40-37-,49-46-/t58-/m0/s1. The Balaban J connectivity index is 4.54. The number of unbranched alkanes of at least 4 members (excludes halogenated alkanes) is 19. The van der Waals surface area contributed by atoms with E-state index in [1.165, 1.54) is 89.9 Å². The molecule has 0 radical (unpaired) electrons. The molecule has 380 valence electrons. The van der Waals surface area contributed by atoms with Crippen LogP contribution in [0.1, 0.15) is 239 Å². The summed E-state index contributed by atoms with van der Waals surface area (Å²) in [6.07, 6.45) is 73.7. The minimum atomic E-state index is -0.827. The minimum absolute atomic E-state index is 0.116. The normalized spacial score (nSPS) is 12.9. The molecule has 0 N–H and O–H groups in total. The van der Waals surface area contributed by atoms with Crippen molar-refractivity contribution in [1.82, 2.24) is 0 Å². The average Bonchev–Trinajstić information content (AvgIpc) is 3.33. The maximum Gasteiger partial charge on any atom is 0.306 e. The highest BCUT2D eigenvalue weighted by Crippen LogP contribution is 2.13. The van der Waals surface area contributed by atoms with E-state index in [2.05, 4.69) is 118 Å². The molecule has 0 fully saturated rings. The Kier molecular flexibility index (Phi) is 51.5. The van der Waals surface area contributed by atoms with Crippen molar-refractivity contribution in [3.05, 3.63) is 109 Å². The molecule has 0 aromatic heterocycles. The zero-order chi connectivity index (χ0) is 48.6. The molecule has 0 heterocycles. The lowest BCUT2D eigenvalue weighted by Crippen LogP contribution is -2.30. The van der Waals surface area contributed by atoms with Crippen LogP contribution in [0.15, 0.2) is 109 Å². The van der Waals surface area contributed by atoms with Gasteiger partial charge in [0.25, 0.3) is 0 Å². The first-order chi connectivity index (χ1) is 33.0. The molecule has 0 aliphatic carbocycles. The van der Waals surface area contributed by atoms with Crippen molar-refractivity contribution < 1.29 is 28.6 Å². The minimum Gasteiger partial charge on any atom is -0.462 e. The summed E-state index contributed by atoms with van der Waals surface area (Å²) in [5.41, 5.74) is 0. The van der Waals surface area contributed by atoms with Crippen molar-refractivity contribution in [2.45, 2.75) is 245 Å². The zero-order valence-electron chi connectivity index (χ0n) is 43.4. The van der Waals surface area contributed by atoms with Gasteiger partial charge in [-0.25, -0.2) is 0 Å². The SMILES string of the molecule is CC/C=C\C/C=C\C/C=C\C/C=C\C/C=C\C/C=C\CCC(=O)O[C@@H](COC(=O)CCCCCCC/C=C\CCCCCC)COC(=O)CCCCCCCCC/C=C\C/C=C\CCCCC. The molecule has 0 rings (SSSR count). The van der Waals surface area contributed by atoms with Crippen LogP contribution in [-0.4, -0.2) is 37.2 Å². The molecule has 67 heavy (non-hydrogen) atoms. The molecule has 0 aromatic rings. The van der Waals surface area contributed by atoms with Crippen molar-refractivity contribution in [2.75, 3.05) is 13.2 Å². The monoisotopic (exact) mass is 929 g/mol. The zero-order valence-corrected chi connectivity index (χ0v) is 43.4. The third kappa shape index (κ3) is 52.9. The molecule has 0 saturated heterocycles. The smallest absolute Gasteiger partial charge is 0.306 e. The summed E-state index contributed by atoms with van der Waals surface area (Å²) < 4.78 is 16.7. The number of hydrogen-bond acceptors (Lipinski definition) is 6. The van der Waals surface area contributed by atoms with Crippen LogP contribution in [0.25, 0.3) is 0 Å². The number of ether oxygens (including phenoxy) is 3. The van der Waals surface area contributed by atoms with E-state index in [-0.39, 0.29) is 31.6 Å². The molecular weight excluding hydrogens is 829 g/mol. The van der Waals surface area contributed by atoms with Crippen LogP contribution in [0.3, 0.4) is 0 Å². The van der Waals surface area contributed by atoms with Crippen LogP contribution >= 0.6 is 0 Å². The van der Waals surface area contributed by atoms with E-state index in [0.29, 0.717) is 19.3 Å². The number of allylic oxidation sites excluding steroid dienone is 18. The average molecular weight is 929 g/mol. The molecule has 0 spiro atoms. The Morgan fingerprint density at radius 1 is 0.313 bits per heavy atom. The third-order valence-electron chi connectivity index (χ3n) is 11.2. The van der Waals surface area contributed by atoms with Gasteiger partial charge in [0.05, 0.1) is 0 Å². The highest BCUT2D eigenvalue weighted by molar-refractivity contribution is 5.71. The summed E-state index contributed by atoms with van der Waals surface area (Å²) in [7, 11) is 0. The number of esters is 3. The summed E-state index contributed by atoms with van der Waals surface area (Å²) in [5, 5.41) is 0. The van der Waals surface area contributed by atoms with E-state index in [9.17, 15) is 14.4 Å². The Morgan fingerprint density at radius 2 is 0.612 bits per heavy atom. The maximum atomic E-state index is 12.8. The van der Waals surface area contributed by atoms with Crippen molar-refractivity contribution in [1.29, 1.82) is 0 Å². The van der Waals surface area contributed by atoms with Gasteiger partial charge >= 0.3 is 17.9 Å². The first-order valence-corrected chi connectivity index (χ1v) is 27.4. The van der Waals surface area contributed by atoms with Gasteiger partial charge in [0, 0.05) is 19.3 Å². The van der Waals surface area contributed by atoms with Gasteiger partial charge in [0.1, 0.15) is 13.2 Å². The summed E-state index contributed by atoms with van der Waals surface area (Å²) >= 11 is 0. The first-order valence-electron chi connectivity index (χ1n) is 27.4. The molecule has 6 heteroatoms. The molecule has 0 aromatic carbocycles. The maximum absolute atomic E-state index is 12.8. The molecule has 0 aliphatic heterocycles. The van der Waals surface area contributed by atoms with E-state index in [1.807, 2.05) is 12.2 Å². The quantitative estimate of drug-likeness (QED) is 0.0262. The molecule has 0 saturated carbocycles. The van der Waals surface area contributed by atoms with Crippen molar-refractivity contribution >= 4 is 17.9 Å². The van der Waals surface area contributed by atoms with Crippen molar-refractivity contribution in [3.8, 4) is 0 Å². The van der Waals surface area contributed by atoms with Crippen molar-refractivity contribution in [2.24, 2.45) is 0 Å². The molecule has 0 amide bonds. The Hall–Kier alpha value is -3.93. The van der Waals surface area contributed by atoms with Crippen LogP contribution in [0.2, 0.25) is 0 Å². The first kappa shape index (κ1) is 63.1. The Bertz CT molecular complexity index is 1390. The van der Waals surface area contributed by atoms with Gasteiger partial charge in [-0.3, -0.25) is 14.4 Å². The molecule has 0 unspecified atom stereocenters. The van der Waals surface area contributed by atoms with Crippen LogP contribution in [0.5, 0.6) is 0 Å². The molecule has 6 nitrogen and oxygen atoms in total. The largest absolute Gasteiger partial charge is 0.462 e. The van der Waals surface area contributed by atoms with E-state index in [0.717, 1.165) is 103 Å². The summed E-state index contributed by atoms with van der Waals surface area (Å²) in [4.78, 5) is 38.0. The van der Waals surface area contributed by atoms with E-state index in [1.54, 1.807) is 0 Å². The molecular formula is C61H100O6. The van der Waals surface area contributed by atoms with E-state index < -0.39 is 12.1 Å². The van der Waals surface area contributed by atoms with Crippen LogP contribution in [0.4, 0.5) is 0 Å². The second-order valence-corrected chi connectivity index (χ2v) is 17.7. The van der Waals surface area contributed by atoms with E-state index in [4.69, 9.17) is 14.2 Å². The second kappa shape index (κ2) is 54.7. The third-order valence-corrected chi connectivity index (χ3v) is 11.2. The van der Waals surface area contributed by atoms with Gasteiger partial charge in [0.2, 0.25) is 0 Å². The van der Waals surface area contributed by atoms with Gasteiger partial charge in [-0.05, 0) is 116 Å². The van der Waals surface area contributed by atoms with Gasteiger partial charge in [0.15, 0.2) is 6.10 Å². The van der Waals surface area contributed by atoms with Crippen LogP contribution < -0.4 is 0 Å². The lowest BCUT2D eigenvalue weighted by Gasteiger charge is -2.18. The Morgan fingerprint density at radius 3 is 1.01 bits per heavy atom. The molecule has 1 atom stereocenters. The lowest BCUT2D eigenvalue weighted by molar-refractivity contribution is -0.166. The highest BCUT2D eigenvalue weighted by Gasteiger charge is 2.19. The highest BCUT2D eigenvalue weighted by atomic mass is 16.6. The fraction of sp³-hybridized carbons (Fsp3) is 0.656. The summed E-state index contributed by atoms with van der Waals surface area (Å²) in [5.74, 6) is -1.02. The fourth-order valence-electron chi connectivity index (χ4n) is 7.14. The number of hydrogen-bond donors (Lipinski definition) is 0. The fourth-order valence-corrected chi connectivity index (χ4v) is 7.14. The predicted octanol–water partition coefficient (Wildman–Crippen LogP) is 18.3. The lowest BCUT2D eigenvalue weighted by atomic mass is 10.1. The number of carbonyl (C=O) groups excluding carboxylic acids is 3. The van der Waals surface area contributed by atoms with Gasteiger partial charge in [-0.2, -0.15) is 0 Å². The summed E-state index contributed by atoms with van der Waals surface area (Å²) in [6.45, 7) is 6.40. The van der Waals surface area contributed by atoms with Gasteiger partial charge in [-0.1, -0.05) is 214 Å². The Labute approximate surface area is 412 Å². The summed E-state index contributed by atoms with van der Waals surface area (Å²) in [6, 6.07) is 0. The number of carbonyl (C=O) groups is 3. The molecule has 0 aliphatic rings. The number of rotatable bonds is 48. The topological polar surface area (TPSA) is 78.9 Å². The van der Waals surface area contributed by atoms with Gasteiger partial charge < -0.3 is 14.2 Å². The van der Waals surface area contributed by atoms with Gasteiger partial charge in [-0.15, -0.1) is 0 Å².